The molecule has 1 unspecified atom stereocenters. The van der Waals surface area contributed by atoms with Gasteiger partial charge < -0.3 is 10.1 Å². The number of ether oxygens (including phenoxy) is 1. The van der Waals surface area contributed by atoms with Gasteiger partial charge in [-0.15, -0.1) is 0 Å². The summed E-state index contributed by atoms with van der Waals surface area (Å²) < 4.78 is 6.78. The summed E-state index contributed by atoms with van der Waals surface area (Å²) in [7, 11) is 0. The minimum absolute atomic E-state index is 0.541. The highest BCUT2D eigenvalue weighted by Gasteiger charge is 2.10. The SMILES string of the molecule is CCCOCCC(CNC(C)C)Cc1ccc(Br)cc1. The van der Waals surface area contributed by atoms with E-state index in [1.54, 1.807) is 0 Å². The van der Waals surface area contributed by atoms with Crippen molar-refractivity contribution in [3.63, 3.8) is 0 Å². The topological polar surface area (TPSA) is 21.3 Å². The van der Waals surface area contributed by atoms with Crippen molar-refractivity contribution in [2.45, 2.75) is 46.1 Å². The van der Waals surface area contributed by atoms with Crippen LogP contribution in [0.25, 0.3) is 0 Å². The lowest BCUT2D eigenvalue weighted by molar-refractivity contribution is 0.120. The molecule has 0 aliphatic heterocycles. The van der Waals surface area contributed by atoms with Crippen molar-refractivity contribution < 1.29 is 4.74 Å². The molecule has 20 heavy (non-hydrogen) atoms. The lowest BCUT2D eigenvalue weighted by Gasteiger charge is -2.19. The molecule has 1 aromatic rings. The third-order valence-electron chi connectivity index (χ3n) is 3.27. The summed E-state index contributed by atoms with van der Waals surface area (Å²) in [6.07, 6.45) is 3.33. The molecule has 0 aliphatic carbocycles. The summed E-state index contributed by atoms with van der Waals surface area (Å²) in [4.78, 5) is 0. The Balaban J connectivity index is 2.45. The largest absolute Gasteiger partial charge is 0.381 e. The second kappa shape index (κ2) is 10.4. The first kappa shape index (κ1) is 17.7. The maximum absolute atomic E-state index is 5.64. The molecule has 0 bridgehead atoms. The van der Waals surface area contributed by atoms with Crippen LogP contribution in [0.1, 0.15) is 39.2 Å². The smallest absolute Gasteiger partial charge is 0.0469 e. The predicted molar refractivity (Wildman–Crippen MR) is 90.2 cm³/mol. The van der Waals surface area contributed by atoms with E-state index in [4.69, 9.17) is 4.74 Å². The molecule has 0 heterocycles. The molecule has 1 atom stereocenters. The molecule has 1 aromatic carbocycles. The number of hydrogen-bond donors (Lipinski definition) is 1. The van der Waals surface area contributed by atoms with E-state index in [-0.39, 0.29) is 0 Å². The zero-order valence-corrected chi connectivity index (χ0v) is 14.6. The molecule has 0 aromatic heterocycles. The highest BCUT2D eigenvalue weighted by Crippen LogP contribution is 2.16. The van der Waals surface area contributed by atoms with Crippen molar-refractivity contribution in [1.82, 2.24) is 5.32 Å². The number of rotatable bonds is 10. The van der Waals surface area contributed by atoms with Crippen molar-refractivity contribution >= 4 is 15.9 Å². The average Bonchev–Trinajstić information content (AvgIpc) is 2.43. The predicted octanol–water partition coefficient (Wildman–Crippen LogP) is 4.42. The van der Waals surface area contributed by atoms with Crippen molar-refractivity contribution in [3.05, 3.63) is 34.3 Å². The van der Waals surface area contributed by atoms with Crippen LogP contribution in [-0.4, -0.2) is 25.8 Å². The average molecular weight is 342 g/mol. The third kappa shape index (κ3) is 8.03. The summed E-state index contributed by atoms with van der Waals surface area (Å²) in [6.45, 7) is 9.36. The fourth-order valence-electron chi connectivity index (χ4n) is 2.13. The summed E-state index contributed by atoms with van der Waals surface area (Å²) in [5, 5.41) is 3.55. The van der Waals surface area contributed by atoms with Crippen LogP contribution < -0.4 is 5.32 Å². The maximum atomic E-state index is 5.64. The van der Waals surface area contributed by atoms with Crippen LogP contribution in [-0.2, 0) is 11.2 Å². The van der Waals surface area contributed by atoms with Gasteiger partial charge >= 0.3 is 0 Å². The van der Waals surface area contributed by atoms with E-state index in [2.05, 4.69) is 66.3 Å². The van der Waals surface area contributed by atoms with Gasteiger partial charge in [0.05, 0.1) is 0 Å². The highest BCUT2D eigenvalue weighted by atomic mass is 79.9. The molecule has 0 saturated heterocycles. The van der Waals surface area contributed by atoms with Gasteiger partial charge in [-0.3, -0.25) is 0 Å². The van der Waals surface area contributed by atoms with Gasteiger partial charge in [0.25, 0.3) is 0 Å². The van der Waals surface area contributed by atoms with Gasteiger partial charge in [0.2, 0.25) is 0 Å². The molecule has 1 N–H and O–H groups in total. The van der Waals surface area contributed by atoms with E-state index < -0.39 is 0 Å². The van der Waals surface area contributed by atoms with Crippen LogP contribution in [0, 0.1) is 5.92 Å². The Kier molecular flexibility index (Phi) is 9.16. The molecular weight excluding hydrogens is 314 g/mol. The van der Waals surface area contributed by atoms with E-state index in [0.29, 0.717) is 12.0 Å². The molecular formula is C17H28BrNO. The lowest BCUT2D eigenvalue weighted by atomic mass is 9.96. The van der Waals surface area contributed by atoms with Crippen LogP contribution in [0.15, 0.2) is 28.7 Å². The van der Waals surface area contributed by atoms with E-state index in [1.807, 2.05) is 0 Å². The standard InChI is InChI=1S/C17H28BrNO/c1-4-10-20-11-9-16(13-19-14(2)3)12-15-5-7-17(18)8-6-15/h5-8,14,16,19H,4,9-13H2,1-3H3. The van der Waals surface area contributed by atoms with Gasteiger partial charge in [0.15, 0.2) is 0 Å². The Hall–Kier alpha value is -0.380. The van der Waals surface area contributed by atoms with Crippen LogP contribution in [0.4, 0.5) is 0 Å². The van der Waals surface area contributed by atoms with Crippen LogP contribution in [0.5, 0.6) is 0 Å². The molecule has 1 rings (SSSR count). The number of benzene rings is 1. The number of nitrogens with one attached hydrogen (secondary N) is 1. The number of halogens is 1. The van der Waals surface area contributed by atoms with Crippen molar-refractivity contribution in [3.8, 4) is 0 Å². The van der Waals surface area contributed by atoms with Gasteiger partial charge in [0, 0.05) is 23.7 Å². The molecule has 3 heteroatoms. The van der Waals surface area contributed by atoms with Gasteiger partial charge in [-0.05, 0) is 49.4 Å². The molecule has 114 valence electrons. The molecule has 2 nitrogen and oxygen atoms in total. The van der Waals surface area contributed by atoms with Crippen molar-refractivity contribution in [2.24, 2.45) is 5.92 Å². The van der Waals surface area contributed by atoms with Crippen LogP contribution in [0.3, 0.4) is 0 Å². The second-order valence-electron chi connectivity index (χ2n) is 5.66. The van der Waals surface area contributed by atoms with Gasteiger partial charge in [-0.2, -0.15) is 0 Å². The third-order valence-corrected chi connectivity index (χ3v) is 3.80. The van der Waals surface area contributed by atoms with Gasteiger partial charge in [-0.1, -0.05) is 48.8 Å². The minimum Gasteiger partial charge on any atom is -0.381 e. The fraction of sp³-hybridized carbons (Fsp3) is 0.647. The van der Waals surface area contributed by atoms with Crippen LogP contribution in [0.2, 0.25) is 0 Å². The normalized spacial score (nSPS) is 12.8. The monoisotopic (exact) mass is 341 g/mol. The van der Waals surface area contributed by atoms with Gasteiger partial charge in [-0.25, -0.2) is 0 Å². The minimum atomic E-state index is 0.541. The van der Waals surface area contributed by atoms with E-state index in [1.165, 1.54) is 5.56 Å². The molecule has 0 aliphatic rings. The highest BCUT2D eigenvalue weighted by molar-refractivity contribution is 9.10. The second-order valence-corrected chi connectivity index (χ2v) is 6.58. The Labute approximate surface area is 132 Å². The van der Waals surface area contributed by atoms with E-state index >= 15 is 0 Å². The Morgan fingerprint density at radius 3 is 2.45 bits per heavy atom. The molecule has 0 spiro atoms. The quantitative estimate of drug-likeness (QED) is 0.636. The Bertz CT molecular complexity index is 351. The first-order chi connectivity index (χ1) is 9.61. The molecule has 0 fully saturated rings. The summed E-state index contributed by atoms with van der Waals surface area (Å²) in [5.74, 6) is 0.635. The summed E-state index contributed by atoms with van der Waals surface area (Å²) in [5.41, 5.74) is 1.40. The number of hydrogen-bond acceptors (Lipinski definition) is 2. The molecule has 0 saturated carbocycles. The lowest BCUT2D eigenvalue weighted by Crippen LogP contribution is -2.30. The fourth-order valence-corrected chi connectivity index (χ4v) is 2.39. The zero-order valence-electron chi connectivity index (χ0n) is 13.0. The Morgan fingerprint density at radius 1 is 1.15 bits per heavy atom. The van der Waals surface area contributed by atoms with Gasteiger partial charge in [0.1, 0.15) is 0 Å². The maximum Gasteiger partial charge on any atom is 0.0469 e. The molecule has 0 amide bonds. The van der Waals surface area contributed by atoms with Crippen molar-refractivity contribution in [1.29, 1.82) is 0 Å². The zero-order chi connectivity index (χ0) is 14.8. The van der Waals surface area contributed by atoms with Crippen molar-refractivity contribution in [2.75, 3.05) is 19.8 Å². The van der Waals surface area contributed by atoms with Crippen LogP contribution >= 0.6 is 15.9 Å². The first-order valence-electron chi connectivity index (χ1n) is 7.67. The Morgan fingerprint density at radius 2 is 1.85 bits per heavy atom. The summed E-state index contributed by atoms with van der Waals surface area (Å²) in [6, 6.07) is 9.20. The molecule has 0 radical (unpaired) electrons. The van der Waals surface area contributed by atoms with E-state index in [9.17, 15) is 0 Å². The van der Waals surface area contributed by atoms with E-state index in [0.717, 1.165) is 43.5 Å². The first-order valence-corrected chi connectivity index (χ1v) is 8.46. The summed E-state index contributed by atoms with van der Waals surface area (Å²) >= 11 is 3.49.